The molecule has 0 unspecified atom stereocenters. The topological polar surface area (TPSA) is 63.3 Å². The summed E-state index contributed by atoms with van der Waals surface area (Å²) in [6, 6.07) is 14.4. The number of aromatic nitrogens is 1. The number of para-hydroxylation sites is 2. The lowest BCUT2D eigenvalue weighted by atomic mass is 9.86. The van der Waals surface area contributed by atoms with Crippen molar-refractivity contribution in [1.29, 1.82) is 0 Å². The Morgan fingerprint density at radius 2 is 1.83 bits per heavy atom. The first-order chi connectivity index (χ1) is 14.7. The number of fused-ring (bicyclic) bond motifs is 1. The summed E-state index contributed by atoms with van der Waals surface area (Å²) in [5.74, 6) is 1.30. The molecular weight excluding hydrogens is 376 g/mol. The fourth-order valence-corrected chi connectivity index (χ4v) is 4.68. The molecule has 0 aliphatic heterocycles. The maximum atomic E-state index is 13.1. The highest BCUT2D eigenvalue weighted by Gasteiger charge is 2.27. The largest absolute Gasteiger partial charge is 0.493 e. The molecule has 1 fully saturated rings. The van der Waals surface area contributed by atoms with Crippen LogP contribution >= 0.6 is 0 Å². The molecule has 3 aromatic rings. The fraction of sp³-hybridized carbons (Fsp3) is 0.400. The third kappa shape index (κ3) is 4.16. The van der Waals surface area contributed by atoms with Crippen LogP contribution in [0.15, 0.2) is 48.7 Å². The van der Waals surface area contributed by atoms with E-state index in [2.05, 4.69) is 22.4 Å². The van der Waals surface area contributed by atoms with Gasteiger partial charge in [0.05, 0.1) is 14.2 Å². The van der Waals surface area contributed by atoms with Crippen LogP contribution in [0.1, 0.15) is 55.6 Å². The molecule has 1 aliphatic rings. The van der Waals surface area contributed by atoms with E-state index in [1.807, 2.05) is 36.5 Å². The van der Waals surface area contributed by atoms with Gasteiger partial charge in [0.2, 0.25) is 5.91 Å². The van der Waals surface area contributed by atoms with Crippen molar-refractivity contribution in [3.05, 3.63) is 59.8 Å². The van der Waals surface area contributed by atoms with Gasteiger partial charge >= 0.3 is 0 Å². The highest BCUT2D eigenvalue weighted by molar-refractivity contribution is 5.86. The number of aromatic amines is 1. The monoisotopic (exact) mass is 406 g/mol. The summed E-state index contributed by atoms with van der Waals surface area (Å²) in [4.78, 5) is 16.4. The Hall–Kier alpha value is -2.95. The molecule has 2 aromatic carbocycles. The molecule has 1 aliphatic carbocycles. The molecule has 5 nitrogen and oxygen atoms in total. The van der Waals surface area contributed by atoms with Crippen LogP contribution in [-0.4, -0.2) is 31.2 Å². The summed E-state index contributed by atoms with van der Waals surface area (Å²) in [6.45, 7) is 0. The zero-order valence-corrected chi connectivity index (χ0v) is 17.7. The van der Waals surface area contributed by atoms with E-state index in [0.29, 0.717) is 24.0 Å². The van der Waals surface area contributed by atoms with E-state index in [4.69, 9.17) is 9.47 Å². The van der Waals surface area contributed by atoms with Crippen LogP contribution in [0, 0.1) is 0 Å². The maximum Gasteiger partial charge on any atom is 0.221 e. The third-order valence-corrected chi connectivity index (χ3v) is 6.17. The predicted octanol–water partition coefficient (Wildman–Crippen LogP) is 5.16. The molecule has 1 saturated carbocycles. The lowest BCUT2D eigenvalue weighted by molar-refractivity contribution is -0.122. The molecule has 4 rings (SSSR count). The highest BCUT2D eigenvalue weighted by atomic mass is 16.5. The van der Waals surface area contributed by atoms with Crippen LogP contribution in [0.25, 0.3) is 10.9 Å². The number of amides is 1. The van der Waals surface area contributed by atoms with E-state index in [-0.39, 0.29) is 11.8 Å². The van der Waals surface area contributed by atoms with Gasteiger partial charge in [0, 0.05) is 41.0 Å². The molecule has 0 saturated heterocycles. The second-order valence-electron chi connectivity index (χ2n) is 8.03. The molecule has 2 N–H and O–H groups in total. The Morgan fingerprint density at radius 1 is 1.03 bits per heavy atom. The van der Waals surface area contributed by atoms with Crippen molar-refractivity contribution in [2.24, 2.45) is 0 Å². The number of hydrogen-bond acceptors (Lipinski definition) is 3. The van der Waals surface area contributed by atoms with Crippen LogP contribution in [0.5, 0.6) is 11.5 Å². The summed E-state index contributed by atoms with van der Waals surface area (Å²) in [5.41, 5.74) is 3.11. The van der Waals surface area contributed by atoms with Crippen molar-refractivity contribution < 1.29 is 14.3 Å². The summed E-state index contributed by atoms with van der Waals surface area (Å²) in [7, 11) is 3.29. The van der Waals surface area contributed by atoms with Gasteiger partial charge in [0.1, 0.15) is 0 Å². The number of carbonyl (C=O) groups is 1. The van der Waals surface area contributed by atoms with E-state index in [1.165, 1.54) is 19.3 Å². The molecule has 0 radical (unpaired) electrons. The number of nitrogens with one attached hydrogen (secondary N) is 2. The van der Waals surface area contributed by atoms with Crippen LogP contribution in [0.4, 0.5) is 0 Å². The number of rotatable bonds is 7. The van der Waals surface area contributed by atoms with Gasteiger partial charge in [-0.1, -0.05) is 49.6 Å². The second kappa shape index (κ2) is 9.24. The van der Waals surface area contributed by atoms with Gasteiger partial charge in [-0.2, -0.15) is 0 Å². The number of ether oxygens (including phenoxy) is 2. The first-order valence-electron chi connectivity index (χ1n) is 10.8. The Bertz CT molecular complexity index is 1000. The van der Waals surface area contributed by atoms with Crippen LogP contribution < -0.4 is 14.8 Å². The van der Waals surface area contributed by atoms with Crippen molar-refractivity contribution in [1.82, 2.24) is 10.3 Å². The van der Waals surface area contributed by atoms with Gasteiger partial charge < -0.3 is 19.8 Å². The van der Waals surface area contributed by atoms with Gasteiger partial charge in [-0.15, -0.1) is 0 Å². The lowest BCUT2D eigenvalue weighted by Gasteiger charge is -2.25. The first kappa shape index (κ1) is 20.3. The van der Waals surface area contributed by atoms with E-state index >= 15 is 0 Å². The van der Waals surface area contributed by atoms with E-state index < -0.39 is 0 Å². The summed E-state index contributed by atoms with van der Waals surface area (Å²) in [6.07, 6.45) is 8.19. The van der Waals surface area contributed by atoms with Crippen molar-refractivity contribution in [2.45, 2.75) is 50.5 Å². The maximum absolute atomic E-state index is 13.1. The SMILES string of the molecule is COc1cccc([C@H](CC(=O)NC2CCCCC2)c2c[nH]c3ccccc23)c1OC. The van der Waals surface area contributed by atoms with E-state index in [9.17, 15) is 4.79 Å². The van der Waals surface area contributed by atoms with E-state index in [1.54, 1.807) is 14.2 Å². The number of hydrogen-bond donors (Lipinski definition) is 2. The first-order valence-corrected chi connectivity index (χ1v) is 10.8. The van der Waals surface area contributed by atoms with Crippen molar-refractivity contribution in [2.75, 3.05) is 14.2 Å². The molecule has 1 heterocycles. The van der Waals surface area contributed by atoms with Gasteiger partial charge in [-0.3, -0.25) is 4.79 Å². The minimum Gasteiger partial charge on any atom is -0.493 e. The average molecular weight is 407 g/mol. The molecule has 158 valence electrons. The molecule has 0 bridgehead atoms. The molecule has 1 amide bonds. The molecule has 1 aromatic heterocycles. The third-order valence-electron chi connectivity index (χ3n) is 6.17. The number of H-pyrrole nitrogens is 1. The van der Waals surface area contributed by atoms with Crippen LogP contribution in [0.2, 0.25) is 0 Å². The number of benzene rings is 2. The van der Waals surface area contributed by atoms with Gasteiger partial charge in [0.15, 0.2) is 11.5 Å². The molecule has 5 heteroatoms. The van der Waals surface area contributed by atoms with Crippen molar-refractivity contribution in [3.8, 4) is 11.5 Å². The van der Waals surface area contributed by atoms with Gasteiger partial charge in [0.25, 0.3) is 0 Å². The normalized spacial score (nSPS) is 15.7. The zero-order valence-electron chi connectivity index (χ0n) is 17.7. The van der Waals surface area contributed by atoms with Crippen molar-refractivity contribution in [3.63, 3.8) is 0 Å². The Kier molecular flexibility index (Phi) is 6.26. The van der Waals surface area contributed by atoms with E-state index in [0.717, 1.165) is 34.9 Å². The summed E-state index contributed by atoms with van der Waals surface area (Å²) >= 11 is 0. The van der Waals surface area contributed by atoms with Gasteiger partial charge in [-0.05, 0) is 30.5 Å². The summed E-state index contributed by atoms with van der Waals surface area (Å²) < 4.78 is 11.2. The Labute approximate surface area is 177 Å². The predicted molar refractivity (Wildman–Crippen MR) is 119 cm³/mol. The highest BCUT2D eigenvalue weighted by Crippen LogP contribution is 2.42. The molecule has 30 heavy (non-hydrogen) atoms. The average Bonchev–Trinajstić information content (AvgIpc) is 3.21. The summed E-state index contributed by atoms with van der Waals surface area (Å²) in [5, 5.41) is 4.40. The molecule has 0 spiro atoms. The lowest BCUT2D eigenvalue weighted by Crippen LogP contribution is -2.36. The Morgan fingerprint density at radius 3 is 2.60 bits per heavy atom. The minimum absolute atomic E-state index is 0.0852. The minimum atomic E-state index is -0.144. The molecule has 1 atom stereocenters. The zero-order chi connectivity index (χ0) is 20.9. The number of methoxy groups -OCH3 is 2. The second-order valence-corrected chi connectivity index (χ2v) is 8.03. The standard InChI is InChI=1S/C25H30N2O3/c1-29-23-14-8-12-19(25(23)30-2)20(15-24(28)27-17-9-4-3-5-10-17)21-16-26-22-13-7-6-11-18(21)22/h6-8,11-14,16-17,20,26H,3-5,9-10,15H2,1-2H3,(H,27,28)/t20-/m0/s1. The van der Waals surface area contributed by atoms with Gasteiger partial charge in [-0.25, -0.2) is 0 Å². The van der Waals surface area contributed by atoms with Crippen LogP contribution in [-0.2, 0) is 4.79 Å². The van der Waals surface area contributed by atoms with Crippen molar-refractivity contribution >= 4 is 16.8 Å². The number of carbonyl (C=O) groups excluding carboxylic acids is 1. The molecular formula is C25H30N2O3. The Balaban J connectivity index is 1.71. The quantitative estimate of drug-likeness (QED) is 0.570. The fourth-order valence-electron chi connectivity index (χ4n) is 4.68. The van der Waals surface area contributed by atoms with Crippen LogP contribution in [0.3, 0.4) is 0 Å². The smallest absolute Gasteiger partial charge is 0.221 e.